The number of allylic oxidation sites excluding steroid dienone is 8. The van der Waals surface area contributed by atoms with E-state index < -0.39 is 45.1 Å². The highest BCUT2D eigenvalue weighted by Crippen LogP contribution is 2.43. The van der Waals surface area contributed by atoms with Crippen LogP contribution in [0.1, 0.15) is 206 Å². The van der Waals surface area contributed by atoms with Crippen LogP contribution in [0.25, 0.3) is 0 Å². The number of carbonyl (C=O) groups is 2. The molecule has 0 saturated carbocycles. The number of carboxylic acid groups (broad SMARTS) is 1. The number of phosphoric acid groups is 1. The molecule has 0 fully saturated rings. The molecular formula is C48H88NO9P. The Morgan fingerprint density at radius 3 is 1.49 bits per heavy atom. The molecule has 4 N–H and O–H groups in total. The SMILES string of the molecule is CC/C=C\C/C=C\C/C=C\CCCCCC(=O)OC(COCCCCCCCCCCCCCC/C=C\CCCCCCCCCC)COP(=O)(O)OCC(N)C(=O)O. The summed E-state index contributed by atoms with van der Waals surface area (Å²) in [5.41, 5.74) is 5.36. The van der Waals surface area contributed by atoms with Gasteiger partial charge < -0.3 is 25.2 Å². The van der Waals surface area contributed by atoms with E-state index in [0.29, 0.717) is 13.0 Å². The van der Waals surface area contributed by atoms with Crippen molar-refractivity contribution in [3.05, 3.63) is 48.6 Å². The van der Waals surface area contributed by atoms with Crippen molar-refractivity contribution in [1.29, 1.82) is 0 Å². The number of hydrogen-bond acceptors (Lipinski definition) is 8. The Kier molecular flexibility index (Phi) is 42.5. The zero-order chi connectivity index (χ0) is 43.3. The van der Waals surface area contributed by atoms with Crippen LogP contribution in [-0.2, 0) is 32.7 Å². The second-order valence-electron chi connectivity index (χ2n) is 15.9. The third kappa shape index (κ3) is 43.8. The molecule has 0 aromatic carbocycles. The minimum Gasteiger partial charge on any atom is -0.480 e. The Morgan fingerprint density at radius 2 is 0.983 bits per heavy atom. The molecule has 3 atom stereocenters. The quantitative estimate of drug-likeness (QED) is 0.0233. The molecule has 10 nitrogen and oxygen atoms in total. The van der Waals surface area contributed by atoms with Crippen molar-refractivity contribution in [2.45, 2.75) is 219 Å². The fraction of sp³-hybridized carbons (Fsp3) is 0.792. The van der Waals surface area contributed by atoms with Gasteiger partial charge in [0.1, 0.15) is 12.1 Å². The number of phosphoric ester groups is 1. The van der Waals surface area contributed by atoms with E-state index in [-0.39, 0.29) is 13.0 Å². The van der Waals surface area contributed by atoms with Crippen LogP contribution in [0, 0.1) is 0 Å². The molecule has 59 heavy (non-hydrogen) atoms. The van der Waals surface area contributed by atoms with Gasteiger partial charge in [-0.05, 0) is 70.6 Å². The van der Waals surface area contributed by atoms with E-state index in [4.69, 9.17) is 29.4 Å². The van der Waals surface area contributed by atoms with Gasteiger partial charge in [-0.2, -0.15) is 0 Å². The monoisotopic (exact) mass is 854 g/mol. The third-order valence-corrected chi connectivity index (χ3v) is 11.0. The summed E-state index contributed by atoms with van der Waals surface area (Å²) in [7, 11) is -4.63. The standard InChI is InChI=1S/C48H88NO9P/c1-3-5-7-9-11-13-15-17-18-19-20-21-22-23-24-25-26-27-29-31-33-35-37-39-41-55-42-45(43-56-59(53,54)57-44-46(49)48(51)52)58-47(50)40-38-36-34-32-30-28-16-14-12-10-8-6-4-2/h6,8,12,14,19-20,28,30,45-46H,3-5,7,9-11,13,15-18,21-27,29,31-44,49H2,1-2H3,(H,51,52)(H,53,54)/b8-6-,14-12-,20-19-,30-28-. The minimum absolute atomic E-state index is 0.00453. The first-order valence-corrected chi connectivity index (χ1v) is 25.2. The molecule has 0 radical (unpaired) electrons. The Bertz CT molecular complexity index is 1130. The zero-order valence-electron chi connectivity index (χ0n) is 37.6. The second kappa shape index (κ2) is 44.0. The highest BCUT2D eigenvalue weighted by Gasteiger charge is 2.27. The van der Waals surface area contributed by atoms with E-state index in [9.17, 15) is 19.0 Å². The van der Waals surface area contributed by atoms with E-state index in [2.05, 4.69) is 62.5 Å². The largest absolute Gasteiger partial charge is 0.480 e. The van der Waals surface area contributed by atoms with Crippen LogP contribution in [0.5, 0.6) is 0 Å². The van der Waals surface area contributed by atoms with Crippen molar-refractivity contribution in [2.24, 2.45) is 5.73 Å². The maximum atomic E-state index is 12.6. The van der Waals surface area contributed by atoms with E-state index >= 15 is 0 Å². The van der Waals surface area contributed by atoms with Crippen LogP contribution in [-0.4, -0.2) is 60.5 Å². The highest BCUT2D eigenvalue weighted by molar-refractivity contribution is 7.47. The van der Waals surface area contributed by atoms with Gasteiger partial charge in [0, 0.05) is 13.0 Å². The second-order valence-corrected chi connectivity index (χ2v) is 17.3. The van der Waals surface area contributed by atoms with Crippen LogP contribution < -0.4 is 5.73 Å². The first kappa shape index (κ1) is 56.9. The number of nitrogens with two attached hydrogens (primary N) is 1. The molecule has 3 unspecified atom stereocenters. The molecule has 11 heteroatoms. The summed E-state index contributed by atoms with van der Waals surface area (Å²) in [5.74, 6) is -1.81. The number of rotatable bonds is 45. The number of carboxylic acids is 1. The number of hydrogen-bond donors (Lipinski definition) is 3. The lowest BCUT2D eigenvalue weighted by Crippen LogP contribution is -2.34. The average Bonchev–Trinajstić information content (AvgIpc) is 3.21. The number of unbranched alkanes of at least 4 members (excludes halogenated alkanes) is 23. The van der Waals surface area contributed by atoms with Crippen LogP contribution in [0.15, 0.2) is 48.6 Å². The smallest absolute Gasteiger partial charge is 0.472 e. The molecule has 0 amide bonds. The van der Waals surface area contributed by atoms with Crippen LogP contribution in [0.4, 0.5) is 0 Å². The average molecular weight is 854 g/mol. The topological polar surface area (TPSA) is 155 Å². The summed E-state index contributed by atoms with van der Waals surface area (Å²) in [6, 6.07) is -1.48. The van der Waals surface area contributed by atoms with Crippen molar-refractivity contribution >= 4 is 19.8 Å². The van der Waals surface area contributed by atoms with Gasteiger partial charge in [0.05, 0.1) is 19.8 Å². The van der Waals surface area contributed by atoms with E-state index in [1.54, 1.807) is 0 Å². The lowest BCUT2D eigenvalue weighted by Gasteiger charge is -2.20. The van der Waals surface area contributed by atoms with Crippen LogP contribution in [0.3, 0.4) is 0 Å². The molecule has 0 heterocycles. The van der Waals surface area contributed by atoms with Gasteiger partial charge in [0.25, 0.3) is 0 Å². The van der Waals surface area contributed by atoms with E-state index in [1.807, 2.05) is 0 Å². The van der Waals surface area contributed by atoms with Crippen LogP contribution in [0.2, 0.25) is 0 Å². The summed E-state index contributed by atoms with van der Waals surface area (Å²) in [6.07, 6.45) is 51.8. The predicted octanol–water partition coefficient (Wildman–Crippen LogP) is 13.4. The molecule has 0 aromatic rings. The summed E-state index contributed by atoms with van der Waals surface area (Å²) >= 11 is 0. The molecule has 0 aliphatic carbocycles. The molecule has 0 bridgehead atoms. The van der Waals surface area contributed by atoms with Crippen molar-refractivity contribution in [1.82, 2.24) is 0 Å². The first-order valence-electron chi connectivity index (χ1n) is 23.7. The molecule has 344 valence electrons. The van der Waals surface area contributed by atoms with Crippen molar-refractivity contribution in [3.8, 4) is 0 Å². The molecule has 0 aliphatic rings. The number of aliphatic carboxylic acids is 1. The van der Waals surface area contributed by atoms with E-state index in [1.165, 1.54) is 122 Å². The summed E-state index contributed by atoms with van der Waals surface area (Å²) < 4.78 is 33.4. The third-order valence-electron chi connectivity index (χ3n) is 10.1. The Morgan fingerprint density at radius 1 is 0.559 bits per heavy atom. The highest BCUT2D eigenvalue weighted by atomic mass is 31.2. The van der Waals surface area contributed by atoms with E-state index in [0.717, 1.165) is 57.8 Å². The van der Waals surface area contributed by atoms with Crippen molar-refractivity contribution in [2.75, 3.05) is 26.4 Å². The minimum atomic E-state index is -4.63. The van der Waals surface area contributed by atoms with Gasteiger partial charge in [0.15, 0.2) is 0 Å². The molecule has 0 saturated heterocycles. The molecule has 0 rings (SSSR count). The van der Waals surface area contributed by atoms with Gasteiger partial charge in [-0.1, -0.05) is 178 Å². The molecular weight excluding hydrogens is 766 g/mol. The van der Waals surface area contributed by atoms with Crippen molar-refractivity contribution < 1.29 is 42.7 Å². The normalized spacial score (nSPS) is 14.2. The van der Waals surface area contributed by atoms with Gasteiger partial charge in [-0.25, -0.2) is 4.57 Å². The number of ether oxygens (including phenoxy) is 2. The summed E-state index contributed by atoms with van der Waals surface area (Å²) in [6.45, 7) is 3.74. The van der Waals surface area contributed by atoms with Gasteiger partial charge in [-0.3, -0.25) is 18.6 Å². The number of esters is 1. The van der Waals surface area contributed by atoms with Gasteiger partial charge in [-0.15, -0.1) is 0 Å². The fourth-order valence-corrected chi connectivity index (χ4v) is 7.22. The predicted molar refractivity (Wildman–Crippen MR) is 244 cm³/mol. The molecule has 0 aromatic heterocycles. The lowest BCUT2D eigenvalue weighted by molar-refractivity contribution is -0.154. The Balaban J connectivity index is 4.12. The molecule has 0 aliphatic heterocycles. The van der Waals surface area contributed by atoms with Gasteiger partial charge in [0.2, 0.25) is 0 Å². The maximum Gasteiger partial charge on any atom is 0.472 e. The van der Waals surface area contributed by atoms with Crippen molar-refractivity contribution in [3.63, 3.8) is 0 Å². The van der Waals surface area contributed by atoms with Gasteiger partial charge >= 0.3 is 19.8 Å². The lowest BCUT2D eigenvalue weighted by atomic mass is 10.0. The Labute approximate surface area is 360 Å². The number of carbonyl (C=O) groups excluding carboxylic acids is 1. The first-order chi connectivity index (χ1) is 28.7. The summed E-state index contributed by atoms with van der Waals surface area (Å²) in [4.78, 5) is 33.5. The molecule has 0 spiro atoms. The fourth-order valence-electron chi connectivity index (χ4n) is 6.44. The Hall–Kier alpha value is -2.07. The maximum absolute atomic E-state index is 12.6. The zero-order valence-corrected chi connectivity index (χ0v) is 38.5. The van der Waals surface area contributed by atoms with Crippen LogP contribution >= 0.6 is 7.82 Å². The summed E-state index contributed by atoms with van der Waals surface area (Å²) in [5, 5.41) is 8.90.